The maximum atomic E-state index is 5.59. The molecule has 1 saturated heterocycles. The van der Waals surface area contributed by atoms with Crippen molar-refractivity contribution < 1.29 is 0 Å². The highest BCUT2D eigenvalue weighted by Crippen LogP contribution is 2.70. The number of thioether (sulfide) groups is 2. The van der Waals surface area contributed by atoms with Gasteiger partial charge in [0.05, 0.1) is 22.0 Å². The molecule has 0 radical (unpaired) electrons. The first-order valence-corrected chi connectivity index (χ1v) is 14.2. The van der Waals surface area contributed by atoms with Crippen LogP contribution in [-0.2, 0) is 6.42 Å². The second kappa shape index (κ2) is 9.59. The summed E-state index contributed by atoms with van der Waals surface area (Å²) in [4.78, 5) is 8.17. The summed E-state index contributed by atoms with van der Waals surface area (Å²) in [6.45, 7) is 2.38. The normalized spacial score (nSPS) is 27.9. The number of hydrogen-bond acceptors (Lipinski definition) is 4. The van der Waals surface area contributed by atoms with Crippen LogP contribution in [0.1, 0.15) is 40.6 Å². The van der Waals surface area contributed by atoms with Crippen molar-refractivity contribution in [3.8, 4) is 0 Å². The fourth-order valence-corrected chi connectivity index (χ4v) is 9.63. The van der Waals surface area contributed by atoms with Gasteiger partial charge in [-0.1, -0.05) is 133 Å². The van der Waals surface area contributed by atoms with Crippen LogP contribution in [0.25, 0.3) is 0 Å². The Hall–Kier alpha value is -2.79. The van der Waals surface area contributed by atoms with Crippen molar-refractivity contribution in [2.45, 2.75) is 34.4 Å². The molecule has 1 fully saturated rings. The summed E-state index contributed by atoms with van der Waals surface area (Å²) >= 11 is 4.06. The zero-order chi connectivity index (χ0) is 24.6. The maximum Gasteiger partial charge on any atom is 0.114 e. The topological polar surface area (TPSA) is 15.6 Å². The number of benzene rings is 4. The smallest absolute Gasteiger partial charge is 0.114 e. The first-order valence-electron chi connectivity index (χ1n) is 12.5. The zero-order valence-corrected chi connectivity index (χ0v) is 22.3. The van der Waals surface area contributed by atoms with Crippen LogP contribution < -0.4 is 0 Å². The van der Waals surface area contributed by atoms with Gasteiger partial charge in [-0.15, -0.1) is 11.8 Å². The summed E-state index contributed by atoms with van der Waals surface area (Å²) in [5, 5.41) is 1.38. The first kappa shape index (κ1) is 23.6. The molecule has 6 rings (SSSR count). The lowest BCUT2D eigenvalue weighted by Crippen LogP contribution is -2.48. The van der Waals surface area contributed by atoms with Gasteiger partial charge in [-0.05, 0) is 37.1 Å². The lowest BCUT2D eigenvalue weighted by molar-refractivity contribution is 0.210. The minimum Gasteiger partial charge on any atom is -0.281 e. The molecular formula is C32H30N2S2. The quantitative estimate of drug-likeness (QED) is 0.273. The number of rotatable bonds is 5. The van der Waals surface area contributed by atoms with E-state index in [4.69, 9.17) is 4.99 Å². The Morgan fingerprint density at radius 3 is 1.86 bits per heavy atom. The molecule has 4 aromatic rings. The molecule has 0 bridgehead atoms. The summed E-state index contributed by atoms with van der Waals surface area (Å²) in [6.07, 6.45) is 0.892. The van der Waals surface area contributed by atoms with E-state index in [0.29, 0.717) is 0 Å². The standard InChI is InChI=1S/C32H30N2S2/c1-31(23-24-15-7-3-8-16-24)32(35-29(33-31)26-19-11-5-12-20-26)28(25-17-9-4-10-18-25)34(2)30(36-32)27-21-13-6-14-22-27/h3-22,28,30H,23H2,1-2H3/t28-,30+,31-,32+/m1/s1. The van der Waals surface area contributed by atoms with Gasteiger partial charge in [-0.2, -0.15) is 0 Å². The van der Waals surface area contributed by atoms with Crippen molar-refractivity contribution in [2.24, 2.45) is 4.99 Å². The maximum absolute atomic E-state index is 5.59. The Morgan fingerprint density at radius 1 is 0.722 bits per heavy atom. The summed E-state index contributed by atoms with van der Waals surface area (Å²) in [6, 6.07) is 43.8. The van der Waals surface area contributed by atoms with Gasteiger partial charge in [0.2, 0.25) is 0 Å². The Labute approximate surface area is 222 Å². The molecule has 36 heavy (non-hydrogen) atoms. The van der Waals surface area contributed by atoms with Crippen molar-refractivity contribution >= 4 is 28.6 Å². The Kier molecular flexibility index (Phi) is 6.28. The molecule has 0 saturated carbocycles. The molecule has 2 aliphatic rings. The van der Waals surface area contributed by atoms with E-state index in [1.54, 1.807) is 0 Å². The van der Waals surface area contributed by atoms with E-state index < -0.39 is 0 Å². The molecule has 180 valence electrons. The van der Waals surface area contributed by atoms with E-state index in [2.05, 4.69) is 152 Å². The lowest BCUT2D eigenvalue weighted by Gasteiger charge is -2.42. The van der Waals surface area contributed by atoms with Gasteiger partial charge >= 0.3 is 0 Å². The molecular weight excluding hydrogens is 477 g/mol. The number of hydrogen-bond donors (Lipinski definition) is 0. The van der Waals surface area contributed by atoms with E-state index in [1.165, 1.54) is 22.3 Å². The van der Waals surface area contributed by atoms with E-state index in [0.717, 1.165) is 11.5 Å². The summed E-state index contributed by atoms with van der Waals surface area (Å²) in [7, 11) is 2.29. The monoisotopic (exact) mass is 506 g/mol. The molecule has 0 amide bonds. The van der Waals surface area contributed by atoms with Crippen molar-refractivity contribution in [2.75, 3.05) is 7.05 Å². The van der Waals surface area contributed by atoms with Crippen LogP contribution in [-0.4, -0.2) is 26.6 Å². The van der Waals surface area contributed by atoms with Gasteiger partial charge in [0, 0.05) is 5.56 Å². The van der Waals surface area contributed by atoms with E-state index >= 15 is 0 Å². The number of nitrogens with zero attached hydrogens (tertiary/aromatic N) is 2. The number of aliphatic imine (C=N–C) groups is 1. The highest BCUT2D eigenvalue weighted by molar-refractivity contribution is 8.27. The summed E-state index contributed by atoms with van der Waals surface area (Å²) in [5.41, 5.74) is 4.92. The molecule has 0 aromatic heterocycles. The van der Waals surface area contributed by atoms with Gasteiger partial charge in [0.15, 0.2) is 0 Å². The molecule has 2 nitrogen and oxygen atoms in total. The van der Waals surface area contributed by atoms with Crippen molar-refractivity contribution in [1.82, 2.24) is 4.90 Å². The van der Waals surface area contributed by atoms with Crippen LogP contribution >= 0.6 is 23.5 Å². The summed E-state index contributed by atoms with van der Waals surface area (Å²) in [5.74, 6) is 0. The molecule has 0 aliphatic carbocycles. The highest BCUT2D eigenvalue weighted by Gasteiger charge is 2.65. The van der Waals surface area contributed by atoms with E-state index in [9.17, 15) is 0 Å². The third-order valence-corrected chi connectivity index (χ3v) is 11.2. The minimum absolute atomic E-state index is 0.192. The Balaban J connectivity index is 1.53. The molecule has 0 unspecified atom stereocenters. The SMILES string of the molecule is CN1[C@H](c2ccccc2)S[C@@]2(SC(c3ccccc3)=N[C@]2(C)Cc2ccccc2)[C@H]1c1ccccc1. The largest absolute Gasteiger partial charge is 0.281 e. The predicted octanol–water partition coefficient (Wildman–Crippen LogP) is 8.00. The molecule has 2 heterocycles. The van der Waals surface area contributed by atoms with Crippen LogP contribution in [0, 0.1) is 0 Å². The average molecular weight is 507 g/mol. The fourth-order valence-electron chi connectivity index (χ4n) is 5.67. The first-order chi connectivity index (χ1) is 17.6. The van der Waals surface area contributed by atoms with Crippen LogP contribution in [0.15, 0.2) is 126 Å². The third-order valence-electron chi connectivity index (χ3n) is 7.38. The molecule has 0 N–H and O–H groups in total. The molecule has 2 aliphatic heterocycles. The van der Waals surface area contributed by atoms with Gasteiger partial charge in [-0.3, -0.25) is 9.89 Å². The Morgan fingerprint density at radius 2 is 1.25 bits per heavy atom. The van der Waals surface area contributed by atoms with Gasteiger partial charge < -0.3 is 0 Å². The summed E-state index contributed by atoms with van der Waals surface area (Å²) < 4.78 is -0.204. The highest BCUT2D eigenvalue weighted by atomic mass is 32.2. The van der Waals surface area contributed by atoms with E-state index in [-0.39, 0.29) is 21.0 Å². The van der Waals surface area contributed by atoms with Crippen LogP contribution in [0.3, 0.4) is 0 Å². The van der Waals surface area contributed by atoms with Crippen molar-refractivity contribution in [1.29, 1.82) is 0 Å². The minimum atomic E-state index is -0.312. The van der Waals surface area contributed by atoms with Crippen LogP contribution in [0.2, 0.25) is 0 Å². The molecule has 4 aromatic carbocycles. The average Bonchev–Trinajstić information content (AvgIpc) is 3.39. The second-order valence-electron chi connectivity index (χ2n) is 9.85. The lowest BCUT2D eigenvalue weighted by atomic mass is 9.83. The molecule has 1 spiro atoms. The molecule has 4 heteroatoms. The van der Waals surface area contributed by atoms with Crippen molar-refractivity contribution in [3.63, 3.8) is 0 Å². The fraction of sp³-hybridized carbons (Fsp3) is 0.219. The van der Waals surface area contributed by atoms with Gasteiger partial charge in [0.1, 0.15) is 4.08 Å². The van der Waals surface area contributed by atoms with E-state index in [1.807, 2.05) is 11.8 Å². The molecule has 4 atom stereocenters. The second-order valence-corrected chi connectivity index (χ2v) is 12.7. The zero-order valence-electron chi connectivity index (χ0n) is 20.6. The van der Waals surface area contributed by atoms with Gasteiger partial charge in [0.25, 0.3) is 0 Å². The Bertz CT molecular complexity index is 1340. The van der Waals surface area contributed by atoms with Crippen LogP contribution in [0.5, 0.6) is 0 Å². The van der Waals surface area contributed by atoms with Crippen molar-refractivity contribution in [3.05, 3.63) is 144 Å². The van der Waals surface area contributed by atoms with Crippen LogP contribution in [0.4, 0.5) is 0 Å². The third kappa shape index (κ3) is 4.02. The van der Waals surface area contributed by atoms with Gasteiger partial charge in [-0.25, -0.2) is 0 Å². The predicted molar refractivity (Wildman–Crippen MR) is 156 cm³/mol.